The quantitative estimate of drug-likeness (QED) is 0.868. The smallest absolute Gasteiger partial charge is 0.120 e. The second-order valence-corrected chi connectivity index (χ2v) is 5.65. The third kappa shape index (κ3) is 4.61. The standard InChI is InChI=1S/C19H22N2O/c1-14(2)22-19-9-5-8-18(11-19)15(3)21-13-17-7-4-6-16(10-17)12-20/h4-11,14-15,21H,13H2,1-3H3. The zero-order valence-corrected chi connectivity index (χ0v) is 13.3. The van der Waals surface area contributed by atoms with Crippen molar-refractivity contribution in [2.45, 2.75) is 39.5 Å². The lowest BCUT2D eigenvalue weighted by Crippen LogP contribution is -2.18. The number of rotatable bonds is 6. The molecule has 1 atom stereocenters. The van der Waals surface area contributed by atoms with Crippen LogP contribution >= 0.6 is 0 Å². The number of hydrogen-bond donors (Lipinski definition) is 1. The predicted octanol–water partition coefficient (Wildman–Crippen LogP) is 4.20. The van der Waals surface area contributed by atoms with Gasteiger partial charge in [0.05, 0.1) is 17.7 Å². The fraction of sp³-hybridized carbons (Fsp3) is 0.316. The number of nitrogens with one attached hydrogen (secondary N) is 1. The second kappa shape index (κ2) is 7.63. The molecule has 114 valence electrons. The third-order valence-corrected chi connectivity index (χ3v) is 3.40. The molecule has 3 heteroatoms. The van der Waals surface area contributed by atoms with Gasteiger partial charge >= 0.3 is 0 Å². The van der Waals surface area contributed by atoms with E-state index < -0.39 is 0 Å². The summed E-state index contributed by atoms with van der Waals surface area (Å²) >= 11 is 0. The number of ether oxygens (including phenoxy) is 1. The van der Waals surface area contributed by atoms with E-state index in [0.717, 1.165) is 17.9 Å². The highest BCUT2D eigenvalue weighted by molar-refractivity contribution is 5.33. The van der Waals surface area contributed by atoms with Gasteiger partial charge in [-0.15, -0.1) is 0 Å². The Balaban J connectivity index is 2.00. The minimum atomic E-state index is 0.173. The molecule has 0 bridgehead atoms. The molecule has 0 aliphatic carbocycles. The molecule has 0 radical (unpaired) electrons. The first-order valence-electron chi connectivity index (χ1n) is 7.57. The molecule has 1 N–H and O–H groups in total. The van der Waals surface area contributed by atoms with Gasteiger partial charge < -0.3 is 10.1 Å². The average Bonchev–Trinajstić information content (AvgIpc) is 2.52. The first-order valence-corrected chi connectivity index (χ1v) is 7.57. The third-order valence-electron chi connectivity index (χ3n) is 3.40. The van der Waals surface area contributed by atoms with Crippen LogP contribution in [0.2, 0.25) is 0 Å². The van der Waals surface area contributed by atoms with Crippen LogP contribution in [0.1, 0.15) is 43.5 Å². The van der Waals surface area contributed by atoms with Crippen molar-refractivity contribution in [3.63, 3.8) is 0 Å². The summed E-state index contributed by atoms with van der Waals surface area (Å²) in [5, 5.41) is 12.4. The Bertz CT molecular complexity index is 658. The van der Waals surface area contributed by atoms with Crippen LogP contribution in [-0.4, -0.2) is 6.10 Å². The molecule has 0 fully saturated rings. The molecule has 2 rings (SSSR count). The average molecular weight is 294 g/mol. The van der Waals surface area contributed by atoms with Crippen LogP contribution < -0.4 is 10.1 Å². The molecule has 0 saturated carbocycles. The summed E-state index contributed by atoms with van der Waals surface area (Å²) < 4.78 is 5.73. The number of nitriles is 1. The Morgan fingerprint density at radius 2 is 1.86 bits per heavy atom. The van der Waals surface area contributed by atoms with Crippen LogP contribution in [0.3, 0.4) is 0 Å². The van der Waals surface area contributed by atoms with Crippen molar-refractivity contribution in [1.82, 2.24) is 5.32 Å². The first-order chi connectivity index (χ1) is 10.6. The Kier molecular flexibility index (Phi) is 5.57. The van der Waals surface area contributed by atoms with Gasteiger partial charge in [-0.2, -0.15) is 5.26 Å². The van der Waals surface area contributed by atoms with Crippen LogP contribution in [0, 0.1) is 11.3 Å². The lowest BCUT2D eigenvalue weighted by molar-refractivity contribution is 0.242. The summed E-state index contributed by atoms with van der Waals surface area (Å²) in [4.78, 5) is 0. The molecule has 0 amide bonds. The summed E-state index contributed by atoms with van der Waals surface area (Å²) in [6, 6.07) is 18.2. The van der Waals surface area contributed by atoms with Gasteiger partial charge in [0.15, 0.2) is 0 Å². The molecule has 0 aliphatic rings. The van der Waals surface area contributed by atoms with E-state index in [1.807, 2.05) is 50.2 Å². The fourth-order valence-electron chi connectivity index (χ4n) is 2.27. The highest BCUT2D eigenvalue weighted by atomic mass is 16.5. The molecule has 2 aromatic rings. The Morgan fingerprint density at radius 3 is 2.59 bits per heavy atom. The van der Waals surface area contributed by atoms with Crippen LogP contribution in [0.15, 0.2) is 48.5 Å². The Hall–Kier alpha value is -2.31. The fourth-order valence-corrected chi connectivity index (χ4v) is 2.27. The van der Waals surface area contributed by atoms with E-state index in [4.69, 9.17) is 10.00 Å². The number of nitrogens with zero attached hydrogens (tertiary/aromatic N) is 1. The zero-order chi connectivity index (χ0) is 15.9. The predicted molar refractivity (Wildman–Crippen MR) is 88.6 cm³/mol. The maximum atomic E-state index is 8.94. The Labute approximate surface area is 132 Å². The molecule has 2 aromatic carbocycles. The van der Waals surface area contributed by atoms with E-state index in [1.54, 1.807) is 0 Å². The van der Waals surface area contributed by atoms with Gasteiger partial charge in [-0.05, 0) is 56.2 Å². The minimum Gasteiger partial charge on any atom is -0.491 e. The van der Waals surface area contributed by atoms with Crippen molar-refractivity contribution < 1.29 is 4.74 Å². The second-order valence-electron chi connectivity index (χ2n) is 5.65. The topological polar surface area (TPSA) is 45.0 Å². The van der Waals surface area contributed by atoms with Gasteiger partial charge in [-0.1, -0.05) is 24.3 Å². The molecule has 0 aliphatic heterocycles. The Morgan fingerprint density at radius 1 is 1.09 bits per heavy atom. The molecule has 1 unspecified atom stereocenters. The van der Waals surface area contributed by atoms with Crippen molar-refractivity contribution in [3.05, 3.63) is 65.2 Å². The van der Waals surface area contributed by atoms with Gasteiger partial charge in [0.2, 0.25) is 0 Å². The van der Waals surface area contributed by atoms with Crippen LogP contribution in [0.4, 0.5) is 0 Å². The lowest BCUT2D eigenvalue weighted by atomic mass is 10.1. The van der Waals surface area contributed by atoms with Crippen LogP contribution in [-0.2, 0) is 6.54 Å². The molecular weight excluding hydrogens is 272 g/mol. The SMILES string of the molecule is CC(C)Oc1cccc(C(C)NCc2cccc(C#N)c2)c1. The number of benzene rings is 2. The van der Waals surface area contributed by atoms with Gasteiger partial charge in [0.25, 0.3) is 0 Å². The summed E-state index contributed by atoms with van der Waals surface area (Å²) in [6.07, 6.45) is 0.173. The zero-order valence-electron chi connectivity index (χ0n) is 13.3. The molecule has 3 nitrogen and oxygen atoms in total. The maximum absolute atomic E-state index is 8.94. The molecule has 0 spiro atoms. The van der Waals surface area contributed by atoms with Crippen molar-refractivity contribution in [2.75, 3.05) is 0 Å². The van der Waals surface area contributed by atoms with E-state index in [-0.39, 0.29) is 12.1 Å². The van der Waals surface area contributed by atoms with E-state index >= 15 is 0 Å². The maximum Gasteiger partial charge on any atom is 0.120 e. The molecule has 0 heterocycles. The van der Waals surface area contributed by atoms with Gasteiger partial charge in [-0.25, -0.2) is 0 Å². The summed E-state index contributed by atoms with van der Waals surface area (Å²) in [6.45, 7) is 6.90. The van der Waals surface area contributed by atoms with Gasteiger partial charge in [0, 0.05) is 12.6 Å². The van der Waals surface area contributed by atoms with E-state index in [1.165, 1.54) is 5.56 Å². The summed E-state index contributed by atoms with van der Waals surface area (Å²) in [5.74, 6) is 0.896. The minimum absolute atomic E-state index is 0.173. The van der Waals surface area contributed by atoms with Crippen molar-refractivity contribution in [2.24, 2.45) is 0 Å². The summed E-state index contributed by atoms with van der Waals surface area (Å²) in [7, 11) is 0. The number of hydrogen-bond acceptors (Lipinski definition) is 3. The van der Waals surface area contributed by atoms with Crippen LogP contribution in [0.5, 0.6) is 5.75 Å². The molecule has 0 saturated heterocycles. The van der Waals surface area contributed by atoms with E-state index in [9.17, 15) is 0 Å². The van der Waals surface area contributed by atoms with Gasteiger partial charge in [0.1, 0.15) is 5.75 Å². The van der Waals surface area contributed by atoms with Crippen LogP contribution in [0.25, 0.3) is 0 Å². The van der Waals surface area contributed by atoms with Gasteiger partial charge in [-0.3, -0.25) is 0 Å². The highest BCUT2D eigenvalue weighted by Crippen LogP contribution is 2.20. The molecule has 0 aromatic heterocycles. The lowest BCUT2D eigenvalue weighted by Gasteiger charge is -2.16. The van der Waals surface area contributed by atoms with Crippen molar-refractivity contribution >= 4 is 0 Å². The first kappa shape index (κ1) is 16.1. The molecule has 22 heavy (non-hydrogen) atoms. The van der Waals surface area contributed by atoms with Crippen molar-refractivity contribution in [1.29, 1.82) is 5.26 Å². The monoisotopic (exact) mass is 294 g/mol. The molecular formula is C19H22N2O. The van der Waals surface area contributed by atoms with E-state index in [2.05, 4.69) is 30.4 Å². The largest absolute Gasteiger partial charge is 0.491 e. The van der Waals surface area contributed by atoms with Crippen molar-refractivity contribution in [3.8, 4) is 11.8 Å². The normalized spacial score (nSPS) is 12.0. The summed E-state index contributed by atoms with van der Waals surface area (Å²) in [5.41, 5.74) is 2.99. The highest BCUT2D eigenvalue weighted by Gasteiger charge is 2.07. The van der Waals surface area contributed by atoms with E-state index in [0.29, 0.717) is 5.56 Å².